The second kappa shape index (κ2) is 12.6. The highest BCUT2D eigenvalue weighted by molar-refractivity contribution is 6.00. The van der Waals surface area contributed by atoms with Gasteiger partial charge in [0.05, 0.1) is 11.7 Å². The molecule has 0 saturated carbocycles. The Morgan fingerprint density at radius 2 is 1.69 bits per heavy atom. The van der Waals surface area contributed by atoms with Crippen LogP contribution in [0.15, 0.2) is 91.1 Å². The summed E-state index contributed by atoms with van der Waals surface area (Å²) >= 11 is 0. The van der Waals surface area contributed by atoms with Crippen molar-refractivity contribution in [3.63, 3.8) is 0 Å². The molecule has 4 aromatic rings. The van der Waals surface area contributed by atoms with Gasteiger partial charge >= 0.3 is 0 Å². The maximum atomic E-state index is 11.7. The fourth-order valence-corrected chi connectivity index (χ4v) is 4.82. The summed E-state index contributed by atoms with van der Waals surface area (Å²) in [7, 11) is 3.52. The van der Waals surface area contributed by atoms with Crippen LogP contribution in [0.2, 0.25) is 0 Å². The fourth-order valence-electron chi connectivity index (χ4n) is 4.82. The highest BCUT2D eigenvalue weighted by Crippen LogP contribution is 2.36. The van der Waals surface area contributed by atoms with Gasteiger partial charge in [-0.2, -0.15) is 5.10 Å². The van der Waals surface area contributed by atoms with Crippen molar-refractivity contribution in [1.29, 1.82) is 0 Å². The Kier molecular flexibility index (Phi) is 9.03. The lowest BCUT2D eigenvalue weighted by atomic mass is 9.88. The number of likely N-dealkylation sites (N-methyl/N-ethyl adjacent to an activating group) is 1. The van der Waals surface area contributed by atoms with Gasteiger partial charge in [0.15, 0.2) is 0 Å². The first-order chi connectivity index (χ1) is 18.8. The van der Waals surface area contributed by atoms with E-state index in [1.165, 1.54) is 22.3 Å². The van der Waals surface area contributed by atoms with Crippen LogP contribution in [0.5, 0.6) is 5.75 Å². The largest absolute Gasteiger partial charge is 0.488 e. The molecule has 0 bridgehead atoms. The van der Waals surface area contributed by atoms with Crippen LogP contribution in [0.3, 0.4) is 0 Å². The minimum Gasteiger partial charge on any atom is -0.488 e. The van der Waals surface area contributed by atoms with Gasteiger partial charge in [-0.15, -0.1) is 0 Å². The van der Waals surface area contributed by atoms with Gasteiger partial charge in [-0.3, -0.25) is 9.89 Å². The average molecular weight is 522 g/mol. The van der Waals surface area contributed by atoms with E-state index in [0.717, 1.165) is 47.9 Å². The molecule has 4 rings (SSSR count). The molecule has 3 aromatic carbocycles. The van der Waals surface area contributed by atoms with Crippen LogP contribution in [-0.4, -0.2) is 40.7 Å². The molecular formula is C34H39N3O2. The van der Waals surface area contributed by atoms with Gasteiger partial charge in [-0.25, -0.2) is 0 Å². The Labute approximate surface area is 232 Å². The number of allylic oxidation sites excluding steroid dienone is 2. The quantitative estimate of drug-likeness (QED) is 0.124. The van der Waals surface area contributed by atoms with E-state index in [1.807, 2.05) is 12.3 Å². The Balaban J connectivity index is 1.56. The maximum absolute atomic E-state index is 11.7. The van der Waals surface area contributed by atoms with Gasteiger partial charge in [0.1, 0.15) is 11.4 Å². The van der Waals surface area contributed by atoms with Crippen molar-refractivity contribution in [2.24, 2.45) is 0 Å². The van der Waals surface area contributed by atoms with Crippen molar-refractivity contribution < 1.29 is 9.53 Å². The molecule has 1 aromatic heterocycles. The number of nitrogens with one attached hydrogen (secondary N) is 1. The monoisotopic (exact) mass is 521 g/mol. The van der Waals surface area contributed by atoms with E-state index in [4.69, 9.17) is 4.74 Å². The highest BCUT2D eigenvalue weighted by Gasteiger charge is 2.20. The van der Waals surface area contributed by atoms with Crippen molar-refractivity contribution in [2.75, 3.05) is 14.1 Å². The van der Waals surface area contributed by atoms with Crippen LogP contribution in [0, 0.1) is 0 Å². The van der Waals surface area contributed by atoms with E-state index in [9.17, 15) is 4.79 Å². The summed E-state index contributed by atoms with van der Waals surface area (Å²) in [5.41, 5.74) is 6.78. The zero-order valence-electron chi connectivity index (χ0n) is 23.7. The fraction of sp³-hybridized carbons (Fsp3) is 0.294. The molecule has 0 spiro atoms. The summed E-state index contributed by atoms with van der Waals surface area (Å²) in [6.07, 6.45) is 9.05. The lowest BCUT2D eigenvalue weighted by Gasteiger charge is -2.26. The first kappa shape index (κ1) is 27.9. The van der Waals surface area contributed by atoms with Crippen LogP contribution in [-0.2, 0) is 4.79 Å². The second-order valence-electron chi connectivity index (χ2n) is 10.7. The average Bonchev–Trinajstić information content (AvgIpc) is 3.40. The number of aromatic nitrogens is 2. The summed E-state index contributed by atoms with van der Waals surface area (Å²) in [6.45, 7) is 6.45. The number of ether oxygens (including phenoxy) is 1. The van der Waals surface area contributed by atoms with Gasteiger partial charge in [-0.05, 0) is 97.7 Å². The molecule has 202 valence electrons. The van der Waals surface area contributed by atoms with E-state index in [2.05, 4.69) is 104 Å². The molecule has 0 radical (unpaired) electrons. The third-order valence-electron chi connectivity index (χ3n) is 6.89. The normalized spacial score (nSPS) is 12.5. The molecule has 1 N–H and O–H groups in total. The number of rotatable bonds is 11. The summed E-state index contributed by atoms with van der Waals surface area (Å²) < 4.78 is 6.40. The number of H-pyrrole nitrogens is 1. The molecule has 0 aliphatic heterocycles. The van der Waals surface area contributed by atoms with Crippen LogP contribution in [0.1, 0.15) is 63.1 Å². The van der Waals surface area contributed by atoms with E-state index < -0.39 is 0 Å². The second-order valence-corrected chi connectivity index (χ2v) is 10.7. The van der Waals surface area contributed by atoms with Crippen molar-refractivity contribution in [2.45, 2.75) is 52.1 Å². The number of carbonyl (C=O) groups excluding carboxylic acids is 1. The minimum atomic E-state index is -0.315. The lowest BCUT2D eigenvalue weighted by molar-refractivity contribution is -0.123. The SMILES string of the molecule is CC/C(=C(/c1ccc(OC(C)(C)CCC/C=C/C(=O)N(C)C)cc1)c1ccc2[nH]ncc2c1)c1ccccc1. The summed E-state index contributed by atoms with van der Waals surface area (Å²) in [5.74, 6) is 0.867. The standard InChI is InChI=1S/C34H39N3O2/c1-6-30(25-13-9-7-10-14-25)33(27-18-21-31-28(23-27)24-35-36-31)26-16-19-29(20-17-26)39-34(2,3)22-12-8-11-15-32(38)37(4)5/h7,9-11,13-21,23-24H,6,8,12,22H2,1-5H3,(H,35,36)/b15-11+,33-30+. The molecule has 0 saturated heterocycles. The Hall–Kier alpha value is -4.12. The number of hydrogen-bond donors (Lipinski definition) is 1. The number of benzene rings is 3. The van der Waals surface area contributed by atoms with Crippen LogP contribution in [0.4, 0.5) is 0 Å². The molecule has 1 amide bonds. The molecule has 0 aliphatic rings. The highest BCUT2D eigenvalue weighted by atomic mass is 16.5. The number of unbranched alkanes of at least 4 members (excludes halogenated alkanes) is 1. The Morgan fingerprint density at radius 3 is 2.38 bits per heavy atom. The minimum absolute atomic E-state index is 0.0159. The number of carbonyl (C=O) groups is 1. The molecule has 5 nitrogen and oxygen atoms in total. The molecule has 5 heteroatoms. The third kappa shape index (κ3) is 7.26. The van der Waals surface area contributed by atoms with Gasteiger partial charge in [0, 0.05) is 19.5 Å². The zero-order chi connectivity index (χ0) is 27.8. The topological polar surface area (TPSA) is 58.2 Å². The summed E-state index contributed by atoms with van der Waals surface area (Å²) in [5, 5.41) is 8.36. The number of aromatic amines is 1. The van der Waals surface area contributed by atoms with E-state index in [0.29, 0.717) is 0 Å². The van der Waals surface area contributed by atoms with Gasteiger partial charge in [0.2, 0.25) is 5.91 Å². The molecule has 0 aliphatic carbocycles. The number of nitrogens with zero attached hydrogens (tertiary/aromatic N) is 2. The van der Waals surface area contributed by atoms with E-state index in [-0.39, 0.29) is 11.5 Å². The lowest BCUT2D eigenvalue weighted by Crippen LogP contribution is -2.27. The van der Waals surface area contributed by atoms with Gasteiger partial charge < -0.3 is 9.64 Å². The predicted octanol–water partition coefficient (Wildman–Crippen LogP) is 7.90. The molecular weight excluding hydrogens is 482 g/mol. The third-order valence-corrected chi connectivity index (χ3v) is 6.89. The van der Waals surface area contributed by atoms with E-state index in [1.54, 1.807) is 25.1 Å². The zero-order valence-corrected chi connectivity index (χ0v) is 23.7. The Bertz CT molecular complexity index is 1440. The van der Waals surface area contributed by atoms with Crippen LogP contribution < -0.4 is 4.74 Å². The molecule has 1 heterocycles. The smallest absolute Gasteiger partial charge is 0.245 e. The Morgan fingerprint density at radius 1 is 0.974 bits per heavy atom. The number of amides is 1. The first-order valence-corrected chi connectivity index (χ1v) is 13.7. The predicted molar refractivity (Wildman–Crippen MR) is 162 cm³/mol. The van der Waals surface area contributed by atoms with Crippen molar-refractivity contribution in [3.8, 4) is 5.75 Å². The maximum Gasteiger partial charge on any atom is 0.245 e. The number of fused-ring (bicyclic) bond motifs is 1. The van der Waals surface area contributed by atoms with Crippen molar-refractivity contribution in [3.05, 3.63) is 108 Å². The van der Waals surface area contributed by atoms with Crippen LogP contribution in [0.25, 0.3) is 22.0 Å². The first-order valence-electron chi connectivity index (χ1n) is 13.7. The van der Waals surface area contributed by atoms with Crippen molar-refractivity contribution >= 4 is 28.0 Å². The molecule has 0 fully saturated rings. The van der Waals surface area contributed by atoms with Crippen LogP contribution >= 0.6 is 0 Å². The van der Waals surface area contributed by atoms with E-state index >= 15 is 0 Å². The molecule has 0 atom stereocenters. The number of hydrogen-bond acceptors (Lipinski definition) is 3. The summed E-state index contributed by atoms with van der Waals surface area (Å²) in [4.78, 5) is 13.3. The van der Waals surface area contributed by atoms with Gasteiger partial charge in [-0.1, -0.05) is 61.5 Å². The van der Waals surface area contributed by atoms with Gasteiger partial charge in [0.25, 0.3) is 0 Å². The summed E-state index contributed by atoms with van der Waals surface area (Å²) in [6, 6.07) is 25.5. The molecule has 0 unspecified atom stereocenters. The molecule has 39 heavy (non-hydrogen) atoms. The van der Waals surface area contributed by atoms with Crippen molar-refractivity contribution in [1.82, 2.24) is 15.1 Å².